The molecule has 4 aromatic rings. The zero-order valence-electron chi connectivity index (χ0n) is 16.9. The van der Waals surface area contributed by atoms with Crippen molar-refractivity contribution in [3.8, 4) is 0 Å². The number of H-pyrrole nitrogens is 1. The fourth-order valence-electron chi connectivity index (χ4n) is 4.24. The maximum absolute atomic E-state index is 13.1. The number of likely N-dealkylation sites (tertiary alicyclic amines) is 1. The summed E-state index contributed by atoms with van der Waals surface area (Å²) >= 11 is 0. The van der Waals surface area contributed by atoms with E-state index in [0.29, 0.717) is 29.7 Å². The Morgan fingerprint density at radius 1 is 1.19 bits per heavy atom. The number of carbonyl (C=O) groups is 1. The molecule has 5 heterocycles. The van der Waals surface area contributed by atoms with Crippen LogP contribution in [0.1, 0.15) is 59.5 Å². The van der Waals surface area contributed by atoms with Gasteiger partial charge in [-0.2, -0.15) is 10.2 Å². The van der Waals surface area contributed by atoms with Crippen molar-refractivity contribution in [3.63, 3.8) is 0 Å². The first kappa shape index (κ1) is 18.1. The number of pyridine rings is 1. The Morgan fingerprint density at radius 3 is 2.97 bits per heavy atom. The highest BCUT2D eigenvalue weighted by Gasteiger charge is 2.33. The number of aromatic amines is 1. The summed E-state index contributed by atoms with van der Waals surface area (Å²) in [7, 11) is 0. The Hall–Kier alpha value is -3.75. The topological polar surface area (TPSA) is 104 Å². The van der Waals surface area contributed by atoms with Gasteiger partial charge >= 0.3 is 0 Å². The molecule has 6 rings (SSSR count). The minimum absolute atomic E-state index is 0.0392. The summed E-state index contributed by atoms with van der Waals surface area (Å²) in [4.78, 5) is 23.9. The molecule has 1 aliphatic heterocycles. The highest BCUT2D eigenvalue weighted by molar-refractivity contribution is 5.94. The number of rotatable bonds is 5. The van der Waals surface area contributed by atoms with E-state index in [1.165, 1.54) is 12.8 Å². The summed E-state index contributed by atoms with van der Waals surface area (Å²) < 4.78 is 1.81. The van der Waals surface area contributed by atoms with Gasteiger partial charge < -0.3 is 10.2 Å². The maximum atomic E-state index is 13.1. The SMILES string of the molecule is O=C(c1cccnc1)N1CCC[C@H]1c1nc(Nc2cc(C3CC3)[nH]n2)c2cccn2n1. The van der Waals surface area contributed by atoms with E-state index in [0.717, 1.165) is 29.9 Å². The molecule has 2 aliphatic rings. The lowest BCUT2D eigenvalue weighted by Crippen LogP contribution is -2.32. The molecular weight excluding hydrogens is 392 g/mol. The van der Waals surface area contributed by atoms with Gasteiger partial charge in [-0.25, -0.2) is 9.50 Å². The van der Waals surface area contributed by atoms with E-state index in [9.17, 15) is 4.79 Å². The first-order valence-corrected chi connectivity index (χ1v) is 10.6. The summed E-state index contributed by atoms with van der Waals surface area (Å²) in [6, 6.07) is 9.35. The second kappa shape index (κ2) is 7.19. The Bertz CT molecular complexity index is 1240. The molecule has 0 spiro atoms. The van der Waals surface area contributed by atoms with E-state index in [-0.39, 0.29) is 11.9 Å². The van der Waals surface area contributed by atoms with Gasteiger partial charge in [-0.15, -0.1) is 0 Å². The molecule has 156 valence electrons. The Morgan fingerprint density at radius 2 is 2.13 bits per heavy atom. The smallest absolute Gasteiger partial charge is 0.256 e. The standard InChI is InChI=1S/C22H22N8O/c31-22(15-4-1-9-23-13-15)29-10-2-5-17(29)21-25-20(18-6-3-11-30(18)28-21)24-19-12-16(26-27-19)14-7-8-14/h1,3-4,6,9,11-14,17H,2,5,7-8,10H2,(H2,24,25,26,27,28)/t17-/m0/s1. The predicted octanol–water partition coefficient (Wildman–Crippen LogP) is 3.45. The van der Waals surface area contributed by atoms with E-state index in [1.807, 2.05) is 33.8 Å². The van der Waals surface area contributed by atoms with Crippen molar-refractivity contribution in [1.82, 2.24) is 34.7 Å². The summed E-state index contributed by atoms with van der Waals surface area (Å²) in [6.07, 6.45) is 9.34. The number of carbonyl (C=O) groups excluding carboxylic acids is 1. The first-order chi connectivity index (χ1) is 15.3. The third-order valence-electron chi connectivity index (χ3n) is 5.99. The lowest BCUT2D eigenvalue weighted by atomic mass is 10.2. The molecule has 1 saturated heterocycles. The molecule has 0 unspecified atom stereocenters. The molecule has 9 heteroatoms. The molecule has 0 bridgehead atoms. The highest BCUT2D eigenvalue weighted by atomic mass is 16.2. The van der Waals surface area contributed by atoms with Crippen molar-refractivity contribution in [1.29, 1.82) is 0 Å². The first-order valence-electron chi connectivity index (χ1n) is 10.6. The van der Waals surface area contributed by atoms with Crippen molar-refractivity contribution in [2.24, 2.45) is 0 Å². The van der Waals surface area contributed by atoms with Gasteiger partial charge in [0.1, 0.15) is 5.52 Å². The van der Waals surface area contributed by atoms with E-state index in [4.69, 9.17) is 10.1 Å². The number of nitrogens with one attached hydrogen (secondary N) is 2. The molecule has 1 aliphatic carbocycles. The number of anilines is 2. The number of hydrogen-bond donors (Lipinski definition) is 2. The van der Waals surface area contributed by atoms with Crippen LogP contribution in [0.25, 0.3) is 5.52 Å². The van der Waals surface area contributed by atoms with Gasteiger partial charge in [0, 0.05) is 42.8 Å². The number of aromatic nitrogens is 6. The number of fused-ring (bicyclic) bond motifs is 1. The van der Waals surface area contributed by atoms with Crippen LogP contribution in [0, 0.1) is 0 Å². The normalized spacial score (nSPS) is 18.6. The van der Waals surface area contributed by atoms with E-state index < -0.39 is 0 Å². The van der Waals surface area contributed by atoms with E-state index >= 15 is 0 Å². The van der Waals surface area contributed by atoms with E-state index in [1.54, 1.807) is 24.5 Å². The molecule has 9 nitrogen and oxygen atoms in total. The summed E-state index contributed by atoms with van der Waals surface area (Å²) in [5.74, 6) is 2.61. The lowest BCUT2D eigenvalue weighted by Gasteiger charge is -2.24. The van der Waals surface area contributed by atoms with Crippen molar-refractivity contribution in [2.75, 3.05) is 11.9 Å². The largest absolute Gasteiger partial charge is 0.328 e. The van der Waals surface area contributed by atoms with Crippen molar-refractivity contribution in [2.45, 2.75) is 37.6 Å². The molecule has 0 aromatic carbocycles. The van der Waals surface area contributed by atoms with Crippen LogP contribution in [0.15, 0.2) is 48.9 Å². The van der Waals surface area contributed by atoms with Gasteiger partial charge in [0.05, 0.1) is 11.6 Å². The van der Waals surface area contributed by atoms with Crippen LogP contribution < -0.4 is 5.32 Å². The predicted molar refractivity (Wildman–Crippen MR) is 114 cm³/mol. The Kier molecular flexibility index (Phi) is 4.19. The van der Waals surface area contributed by atoms with Crippen LogP contribution >= 0.6 is 0 Å². The van der Waals surface area contributed by atoms with E-state index in [2.05, 4.69) is 20.5 Å². The lowest BCUT2D eigenvalue weighted by molar-refractivity contribution is 0.0728. The third-order valence-corrected chi connectivity index (χ3v) is 5.99. The highest BCUT2D eigenvalue weighted by Crippen LogP contribution is 2.40. The monoisotopic (exact) mass is 414 g/mol. The second-order valence-corrected chi connectivity index (χ2v) is 8.16. The zero-order chi connectivity index (χ0) is 20.8. The average Bonchev–Trinajstić information content (AvgIpc) is 3.20. The minimum atomic E-state index is -0.179. The van der Waals surface area contributed by atoms with Crippen LogP contribution in [0.5, 0.6) is 0 Å². The molecule has 2 fully saturated rings. The van der Waals surface area contributed by atoms with Crippen LogP contribution in [-0.2, 0) is 0 Å². The molecule has 1 amide bonds. The number of nitrogens with zero attached hydrogens (tertiary/aromatic N) is 6. The number of hydrogen-bond acceptors (Lipinski definition) is 6. The molecule has 2 N–H and O–H groups in total. The molecule has 1 saturated carbocycles. The average molecular weight is 414 g/mol. The van der Waals surface area contributed by atoms with Crippen LogP contribution in [0.2, 0.25) is 0 Å². The zero-order valence-corrected chi connectivity index (χ0v) is 16.9. The van der Waals surface area contributed by atoms with Gasteiger partial charge in [-0.05, 0) is 49.9 Å². The molecular formula is C22H22N8O. The van der Waals surface area contributed by atoms with Gasteiger partial charge in [0.25, 0.3) is 5.91 Å². The van der Waals surface area contributed by atoms with Gasteiger partial charge in [0.15, 0.2) is 17.5 Å². The third kappa shape index (κ3) is 3.31. The van der Waals surface area contributed by atoms with Crippen molar-refractivity contribution < 1.29 is 4.79 Å². The second-order valence-electron chi connectivity index (χ2n) is 8.16. The Balaban J connectivity index is 1.34. The van der Waals surface area contributed by atoms with Crippen LogP contribution in [-0.4, -0.2) is 47.1 Å². The molecule has 0 radical (unpaired) electrons. The van der Waals surface area contributed by atoms with Crippen LogP contribution in [0.3, 0.4) is 0 Å². The minimum Gasteiger partial charge on any atom is -0.328 e. The maximum Gasteiger partial charge on any atom is 0.256 e. The fourth-order valence-corrected chi connectivity index (χ4v) is 4.24. The summed E-state index contributed by atoms with van der Waals surface area (Å²) in [6.45, 7) is 0.679. The number of amides is 1. The quantitative estimate of drug-likeness (QED) is 0.518. The molecule has 1 atom stereocenters. The van der Waals surface area contributed by atoms with Gasteiger partial charge in [-0.1, -0.05) is 0 Å². The van der Waals surface area contributed by atoms with Crippen LogP contribution in [0.4, 0.5) is 11.6 Å². The molecule has 4 aromatic heterocycles. The van der Waals surface area contributed by atoms with Crippen molar-refractivity contribution >= 4 is 23.1 Å². The fraction of sp³-hybridized carbons (Fsp3) is 0.318. The van der Waals surface area contributed by atoms with Gasteiger partial charge in [0.2, 0.25) is 0 Å². The van der Waals surface area contributed by atoms with Crippen molar-refractivity contribution in [3.05, 3.63) is 66.0 Å². The molecule has 31 heavy (non-hydrogen) atoms. The summed E-state index contributed by atoms with van der Waals surface area (Å²) in [5.41, 5.74) is 2.61. The van der Waals surface area contributed by atoms with Gasteiger partial charge in [-0.3, -0.25) is 14.9 Å². The Labute approximate surface area is 178 Å². The summed E-state index contributed by atoms with van der Waals surface area (Å²) in [5, 5.41) is 15.6.